The first kappa shape index (κ1) is 18.0. The van der Waals surface area contributed by atoms with E-state index in [1.54, 1.807) is 7.11 Å². The predicted octanol–water partition coefficient (Wildman–Crippen LogP) is 4.87. The standard InChI is InChI=1S/C22H27BrN2O/c1-26-20-10-8-17(9-11-20)22-14-19(16-24-12-4-5-13-24)25(22)15-18-6-2-3-7-21(18)23/h2-3,6-11,19,22H,4-5,12-16H2,1H3. The molecule has 2 saturated heterocycles. The van der Waals surface area contributed by atoms with E-state index in [9.17, 15) is 0 Å². The van der Waals surface area contributed by atoms with Crippen LogP contribution in [0, 0.1) is 0 Å². The fourth-order valence-electron chi connectivity index (χ4n) is 4.30. The van der Waals surface area contributed by atoms with Crippen LogP contribution in [0.4, 0.5) is 0 Å². The van der Waals surface area contributed by atoms with Gasteiger partial charge in [-0.25, -0.2) is 0 Å². The lowest BCUT2D eigenvalue weighted by Crippen LogP contribution is -2.54. The molecule has 26 heavy (non-hydrogen) atoms. The molecule has 0 bridgehead atoms. The Morgan fingerprint density at radius 3 is 2.46 bits per heavy atom. The Morgan fingerprint density at radius 1 is 1.04 bits per heavy atom. The van der Waals surface area contributed by atoms with Gasteiger partial charge in [-0.1, -0.05) is 46.3 Å². The first-order valence-electron chi connectivity index (χ1n) is 9.60. The zero-order valence-corrected chi connectivity index (χ0v) is 17.0. The smallest absolute Gasteiger partial charge is 0.118 e. The van der Waals surface area contributed by atoms with E-state index in [0.717, 1.165) is 12.3 Å². The molecule has 4 heteroatoms. The number of ether oxygens (including phenoxy) is 1. The molecule has 2 fully saturated rings. The predicted molar refractivity (Wildman–Crippen MR) is 109 cm³/mol. The highest BCUT2D eigenvalue weighted by molar-refractivity contribution is 9.10. The van der Waals surface area contributed by atoms with E-state index in [2.05, 4.69) is 74.3 Å². The maximum atomic E-state index is 5.32. The van der Waals surface area contributed by atoms with Crippen LogP contribution in [0.25, 0.3) is 0 Å². The highest BCUT2D eigenvalue weighted by Gasteiger charge is 2.40. The topological polar surface area (TPSA) is 15.7 Å². The quantitative estimate of drug-likeness (QED) is 0.670. The van der Waals surface area contributed by atoms with Crippen LogP contribution in [0.2, 0.25) is 0 Å². The second kappa shape index (κ2) is 8.12. The molecule has 0 radical (unpaired) electrons. The second-order valence-electron chi connectivity index (χ2n) is 7.45. The monoisotopic (exact) mass is 414 g/mol. The van der Waals surface area contributed by atoms with Crippen molar-refractivity contribution in [3.8, 4) is 5.75 Å². The van der Waals surface area contributed by atoms with Crippen LogP contribution < -0.4 is 4.74 Å². The van der Waals surface area contributed by atoms with Crippen molar-refractivity contribution in [3.05, 3.63) is 64.1 Å². The van der Waals surface area contributed by atoms with Gasteiger partial charge in [-0.05, 0) is 61.7 Å². The summed E-state index contributed by atoms with van der Waals surface area (Å²) in [5.41, 5.74) is 2.77. The normalized spacial score (nSPS) is 23.8. The summed E-state index contributed by atoms with van der Waals surface area (Å²) in [5, 5.41) is 0. The molecule has 0 N–H and O–H groups in total. The lowest BCUT2D eigenvalue weighted by atomic mass is 9.86. The van der Waals surface area contributed by atoms with Crippen LogP contribution in [0.15, 0.2) is 53.0 Å². The summed E-state index contributed by atoms with van der Waals surface area (Å²) >= 11 is 3.73. The maximum Gasteiger partial charge on any atom is 0.118 e. The van der Waals surface area contributed by atoms with Gasteiger partial charge in [0.1, 0.15) is 5.75 Å². The molecular formula is C22H27BrN2O. The van der Waals surface area contributed by atoms with E-state index in [1.807, 2.05) is 0 Å². The highest BCUT2D eigenvalue weighted by atomic mass is 79.9. The van der Waals surface area contributed by atoms with Crippen LogP contribution in [-0.4, -0.2) is 42.6 Å². The Labute approximate surface area is 165 Å². The molecule has 2 unspecified atom stereocenters. The van der Waals surface area contributed by atoms with Gasteiger partial charge in [-0.2, -0.15) is 0 Å². The summed E-state index contributed by atoms with van der Waals surface area (Å²) in [4.78, 5) is 5.32. The Bertz CT molecular complexity index is 727. The van der Waals surface area contributed by atoms with Crippen LogP contribution >= 0.6 is 15.9 Å². The first-order chi connectivity index (χ1) is 12.7. The van der Waals surface area contributed by atoms with Gasteiger partial charge >= 0.3 is 0 Å². The number of benzene rings is 2. The molecule has 0 amide bonds. The fourth-order valence-corrected chi connectivity index (χ4v) is 4.71. The third-order valence-electron chi connectivity index (χ3n) is 5.84. The van der Waals surface area contributed by atoms with Crippen LogP contribution in [-0.2, 0) is 6.54 Å². The molecule has 0 spiro atoms. The van der Waals surface area contributed by atoms with Crippen molar-refractivity contribution in [1.82, 2.24) is 9.80 Å². The van der Waals surface area contributed by atoms with Crippen LogP contribution in [0.1, 0.15) is 36.4 Å². The molecule has 0 aromatic heterocycles. The van der Waals surface area contributed by atoms with Gasteiger partial charge in [-0.15, -0.1) is 0 Å². The molecule has 2 atom stereocenters. The average Bonchev–Trinajstić information content (AvgIpc) is 3.18. The molecule has 3 nitrogen and oxygen atoms in total. The van der Waals surface area contributed by atoms with Gasteiger partial charge < -0.3 is 9.64 Å². The van der Waals surface area contributed by atoms with Gasteiger partial charge in [0.25, 0.3) is 0 Å². The molecule has 138 valence electrons. The number of nitrogens with zero attached hydrogens (tertiary/aromatic N) is 2. The number of methoxy groups -OCH3 is 1. The van der Waals surface area contributed by atoms with Crippen molar-refractivity contribution in [2.24, 2.45) is 0 Å². The third kappa shape index (κ3) is 3.83. The second-order valence-corrected chi connectivity index (χ2v) is 8.30. The van der Waals surface area contributed by atoms with Gasteiger partial charge in [0.05, 0.1) is 7.11 Å². The summed E-state index contributed by atoms with van der Waals surface area (Å²) in [5.74, 6) is 0.930. The molecule has 2 aliphatic heterocycles. The minimum atomic E-state index is 0.501. The zero-order chi connectivity index (χ0) is 17.9. The van der Waals surface area contributed by atoms with Crippen molar-refractivity contribution >= 4 is 15.9 Å². The van der Waals surface area contributed by atoms with E-state index in [-0.39, 0.29) is 0 Å². The molecule has 2 aliphatic rings. The van der Waals surface area contributed by atoms with Gasteiger partial charge in [-0.3, -0.25) is 4.90 Å². The molecular weight excluding hydrogens is 388 g/mol. The van der Waals surface area contributed by atoms with E-state index in [4.69, 9.17) is 4.74 Å². The van der Waals surface area contributed by atoms with Gasteiger partial charge in [0.15, 0.2) is 0 Å². The minimum absolute atomic E-state index is 0.501. The third-order valence-corrected chi connectivity index (χ3v) is 6.62. The molecule has 0 saturated carbocycles. The average molecular weight is 415 g/mol. The van der Waals surface area contributed by atoms with E-state index in [1.165, 1.54) is 54.5 Å². The molecule has 0 aliphatic carbocycles. The molecule has 2 aromatic rings. The summed E-state index contributed by atoms with van der Waals surface area (Å²) in [6.07, 6.45) is 3.96. The minimum Gasteiger partial charge on any atom is -0.497 e. The number of hydrogen-bond acceptors (Lipinski definition) is 3. The van der Waals surface area contributed by atoms with E-state index >= 15 is 0 Å². The molecule has 4 rings (SSSR count). The van der Waals surface area contributed by atoms with Gasteiger partial charge in [0.2, 0.25) is 0 Å². The van der Waals surface area contributed by atoms with Crippen molar-refractivity contribution in [2.75, 3.05) is 26.7 Å². The van der Waals surface area contributed by atoms with Crippen molar-refractivity contribution in [3.63, 3.8) is 0 Å². The van der Waals surface area contributed by atoms with Crippen molar-refractivity contribution < 1.29 is 4.74 Å². The first-order valence-corrected chi connectivity index (χ1v) is 10.4. The lowest BCUT2D eigenvalue weighted by Gasteiger charge is -2.50. The largest absolute Gasteiger partial charge is 0.497 e. The number of halogens is 1. The Kier molecular flexibility index (Phi) is 5.63. The summed E-state index contributed by atoms with van der Waals surface area (Å²) in [6.45, 7) is 4.74. The highest BCUT2D eigenvalue weighted by Crippen LogP contribution is 2.41. The van der Waals surface area contributed by atoms with E-state index in [0.29, 0.717) is 12.1 Å². The Morgan fingerprint density at radius 2 is 1.77 bits per heavy atom. The van der Waals surface area contributed by atoms with Gasteiger partial charge in [0, 0.05) is 29.6 Å². The molecule has 2 heterocycles. The summed E-state index contributed by atoms with van der Waals surface area (Å²) < 4.78 is 6.53. The summed E-state index contributed by atoms with van der Waals surface area (Å²) in [7, 11) is 1.73. The maximum absolute atomic E-state index is 5.32. The van der Waals surface area contributed by atoms with Crippen molar-refractivity contribution in [1.29, 1.82) is 0 Å². The number of rotatable bonds is 6. The Hall–Kier alpha value is -1.36. The van der Waals surface area contributed by atoms with Crippen LogP contribution in [0.3, 0.4) is 0 Å². The SMILES string of the molecule is COc1ccc(C2CC(CN3CCCC3)N2Cc2ccccc2Br)cc1. The van der Waals surface area contributed by atoms with Crippen LogP contribution in [0.5, 0.6) is 5.75 Å². The summed E-state index contributed by atoms with van der Waals surface area (Å²) in [6, 6.07) is 18.4. The lowest BCUT2D eigenvalue weighted by molar-refractivity contribution is -0.0117. The number of hydrogen-bond donors (Lipinski definition) is 0. The molecule has 2 aromatic carbocycles. The number of likely N-dealkylation sites (tertiary alicyclic amines) is 2. The Balaban J connectivity index is 1.52. The zero-order valence-electron chi connectivity index (χ0n) is 15.4. The van der Waals surface area contributed by atoms with E-state index < -0.39 is 0 Å². The fraction of sp³-hybridized carbons (Fsp3) is 0.455. The van der Waals surface area contributed by atoms with Crippen molar-refractivity contribution in [2.45, 2.75) is 37.9 Å².